The van der Waals surface area contributed by atoms with Crippen LogP contribution in [0.25, 0.3) is 10.9 Å². The van der Waals surface area contributed by atoms with Crippen LogP contribution in [0, 0.1) is 0 Å². The molecule has 0 aliphatic heterocycles. The Hall–Kier alpha value is -1.94. The van der Waals surface area contributed by atoms with E-state index in [2.05, 4.69) is 11.6 Å². The molecule has 0 saturated heterocycles. The summed E-state index contributed by atoms with van der Waals surface area (Å²) in [5, 5.41) is 10.3. The summed E-state index contributed by atoms with van der Waals surface area (Å²) in [4.78, 5) is 3.16. The van der Waals surface area contributed by atoms with Crippen LogP contribution in [-0.2, 0) is 6.42 Å². The number of benzene rings is 1. The first-order valence-corrected chi connectivity index (χ1v) is 7.39. The van der Waals surface area contributed by atoms with E-state index in [4.69, 9.17) is 10.5 Å². The Morgan fingerprint density at radius 1 is 1.33 bits per heavy atom. The monoisotopic (exact) mass is 292 g/mol. The highest BCUT2D eigenvalue weighted by atomic mass is 16.5. The fourth-order valence-corrected chi connectivity index (χ4v) is 1.88. The van der Waals surface area contributed by atoms with Crippen LogP contribution in [0.15, 0.2) is 36.7 Å². The van der Waals surface area contributed by atoms with Crippen molar-refractivity contribution in [1.82, 2.24) is 4.98 Å². The zero-order valence-electron chi connectivity index (χ0n) is 13.7. The van der Waals surface area contributed by atoms with Crippen molar-refractivity contribution in [3.05, 3.63) is 42.3 Å². The number of aliphatic hydroxyl groups is 1. The SMILES string of the molecule is C=C(O)C(N)Cc1c[nH]c2c(OC)cccc12.CC.CC. The lowest BCUT2D eigenvalue weighted by Crippen LogP contribution is -2.24. The van der Waals surface area contributed by atoms with Crippen molar-refractivity contribution in [2.24, 2.45) is 5.73 Å². The number of hydrogen-bond acceptors (Lipinski definition) is 3. The van der Waals surface area contributed by atoms with Gasteiger partial charge in [-0.1, -0.05) is 46.4 Å². The minimum Gasteiger partial charge on any atom is -0.511 e. The van der Waals surface area contributed by atoms with E-state index >= 15 is 0 Å². The van der Waals surface area contributed by atoms with Crippen LogP contribution in [-0.4, -0.2) is 23.2 Å². The Morgan fingerprint density at radius 3 is 2.48 bits per heavy atom. The van der Waals surface area contributed by atoms with Gasteiger partial charge in [0, 0.05) is 11.6 Å². The predicted molar refractivity (Wildman–Crippen MR) is 91.0 cm³/mol. The highest BCUT2D eigenvalue weighted by molar-refractivity contribution is 5.88. The maximum atomic E-state index is 9.24. The van der Waals surface area contributed by atoms with Gasteiger partial charge in [0.15, 0.2) is 0 Å². The third kappa shape index (κ3) is 4.83. The van der Waals surface area contributed by atoms with Gasteiger partial charge in [-0.2, -0.15) is 0 Å². The molecule has 4 heteroatoms. The minimum absolute atomic E-state index is 0.00208. The van der Waals surface area contributed by atoms with E-state index < -0.39 is 6.04 Å². The summed E-state index contributed by atoms with van der Waals surface area (Å²) in [5.41, 5.74) is 7.76. The van der Waals surface area contributed by atoms with Gasteiger partial charge in [-0.15, -0.1) is 0 Å². The number of H-pyrrole nitrogens is 1. The van der Waals surface area contributed by atoms with E-state index in [0.717, 1.165) is 22.2 Å². The van der Waals surface area contributed by atoms with E-state index in [1.807, 2.05) is 52.1 Å². The number of aliphatic hydroxyl groups excluding tert-OH is 1. The average Bonchev–Trinajstić information content (AvgIpc) is 2.94. The van der Waals surface area contributed by atoms with E-state index in [9.17, 15) is 5.11 Å². The summed E-state index contributed by atoms with van der Waals surface area (Å²) in [6, 6.07) is 5.38. The molecule has 118 valence electrons. The van der Waals surface area contributed by atoms with Gasteiger partial charge in [0.25, 0.3) is 0 Å². The second-order valence-corrected chi connectivity index (χ2v) is 4.00. The Kier molecular flexibility index (Phi) is 8.97. The fourth-order valence-electron chi connectivity index (χ4n) is 1.88. The van der Waals surface area contributed by atoms with Gasteiger partial charge in [0.1, 0.15) is 11.5 Å². The van der Waals surface area contributed by atoms with Crippen LogP contribution in [0.2, 0.25) is 0 Å². The highest BCUT2D eigenvalue weighted by Crippen LogP contribution is 2.27. The summed E-state index contributed by atoms with van der Waals surface area (Å²) in [5.74, 6) is 0.799. The largest absolute Gasteiger partial charge is 0.511 e. The summed E-state index contributed by atoms with van der Waals surface area (Å²) in [6.07, 6.45) is 2.43. The molecule has 0 radical (unpaired) electrons. The number of methoxy groups -OCH3 is 1. The van der Waals surface area contributed by atoms with Crippen LogP contribution in [0.3, 0.4) is 0 Å². The molecule has 21 heavy (non-hydrogen) atoms. The lowest BCUT2D eigenvalue weighted by atomic mass is 10.0. The molecule has 2 rings (SSSR count). The molecule has 4 nitrogen and oxygen atoms in total. The third-order valence-corrected chi connectivity index (χ3v) is 2.85. The molecule has 1 unspecified atom stereocenters. The minimum atomic E-state index is -0.444. The van der Waals surface area contributed by atoms with Gasteiger partial charge in [0.2, 0.25) is 0 Å². The third-order valence-electron chi connectivity index (χ3n) is 2.85. The van der Waals surface area contributed by atoms with Crippen LogP contribution in [0.1, 0.15) is 33.3 Å². The summed E-state index contributed by atoms with van der Waals surface area (Å²) < 4.78 is 5.26. The number of aromatic nitrogens is 1. The predicted octanol–water partition coefficient (Wildman–Crippen LogP) is 4.17. The number of hydrogen-bond donors (Lipinski definition) is 3. The molecule has 1 atom stereocenters. The molecule has 0 saturated carbocycles. The molecule has 0 bridgehead atoms. The molecule has 1 aromatic heterocycles. The Bertz CT molecular complexity index is 547. The molecule has 0 amide bonds. The number of fused-ring (bicyclic) bond motifs is 1. The molecule has 2 aromatic rings. The summed E-state index contributed by atoms with van der Waals surface area (Å²) in [7, 11) is 1.64. The van der Waals surface area contributed by atoms with Crippen LogP contribution >= 0.6 is 0 Å². The van der Waals surface area contributed by atoms with E-state index in [1.165, 1.54) is 0 Å². The van der Waals surface area contributed by atoms with Crippen molar-refractivity contribution >= 4 is 10.9 Å². The Balaban J connectivity index is 0.000000921. The van der Waals surface area contributed by atoms with Crippen molar-refractivity contribution < 1.29 is 9.84 Å². The molecule has 1 aromatic carbocycles. The molecular formula is C17H28N2O2. The quantitative estimate of drug-likeness (QED) is 0.741. The molecule has 0 fully saturated rings. The second kappa shape index (κ2) is 9.88. The molecule has 0 aliphatic carbocycles. The van der Waals surface area contributed by atoms with E-state index in [0.29, 0.717) is 6.42 Å². The number of ether oxygens (including phenoxy) is 1. The fraction of sp³-hybridized carbons (Fsp3) is 0.412. The van der Waals surface area contributed by atoms with E-state index in [-0.39, 0.29) is 5.76 Å². The van der Waals surface area contributed by atoms with Crippen LogP contribution in [0.5, 0.6) is 5.75 Å². The summed E-state index contributed by atoms with van der Waals surface area (Å²) >= 11 is 0. The summed E-state index contributed by atoms with van der Waals surface area (Å²) in [6.45, 7) is 11.4. The van der Waals surface area contributed by atoms with Crippen molar-refractivity contribution in [2.75, 3.05) is 7.11 Å². The number of nitrogens with two attached hydrogens (primary N) is 1. The lowest BCUT2D eigenvalue weighted by molar-refractivity contribution is 0.369. The number of para-hydroxylation sites is 1. The molecular weight excluding hydrogens is 264 g/mol. The van der Waals surface area contributed by atoms with Gasteiger partial charge in [-0.05, 0) is 18.1 Å². The number of aromatic amines is 1. The smallest absolute Gasteiger partial charge is 0.142 e. The number of nitrogens with one attached hydrogen (secondary N) is 1. The molecule has 0 spiro atoms. The van der Waals surface area contributed by atoms with Crippen molar-refractivity contribution in [1.29, 1.82) is 0 Å². The topological polar surface area (TPSA) is 71.3 Å². The van der Waals surface area contributed by atoms with Gasteiger partial charge < -0.3 is 20.6 Å². The van der Waals surface area contributed by atoms with Gasteiger partial charge in [-0.3, -0.25) is 0 Å². The van der Waals surface area contributed by atoms with Crippen molar-refractivity contribution in [3.63, 3.8) is 0 Å². The van der Waals surface area contributed by atoms with Crippen molar-refractivity contribution in [2.45, 2.75) is 40.2 Å². The van der Waals surface area contributed by atoms with Crippen LogP contribution < -0.4 is 10.5 Å². The Labute approximate surface area is 127 Å². The first kappa shape index (κ1) is 19.1. The maximum Gasteiger partial charge on any atom is 0.142 e. The van der Waals surface area contributed by atoms with E-state index in [1.54, 1.807) is 7.11 Å². The second-order valence-electron chi connectivity index (χ2n) is 4.00. The first-order valence-electron chi connectivity index (χ1n) is 7.39. The first-order chi connectivity index (χ1) is 10.1. The zero-order chi connectivity index (χ0) is 16.4. The normalized spacial score (nSPS) is 10.8. The van der Waals surface area contributed by atoms with Gasteiger partial charge in [0.05, 0.1) is 18.7 Å². The molecule has 4 N–H and O–H groups in total. The highest BCUT2D eigenvalue weighted by Gasteiger charge is 2.12. The van der Waals surface area contributed by atoms with Gasteiger partial charge >= 0.3 is 0 Å². The zero-order valence-corrected chi connectivity index (χ0v) is 13.7. The standard InChI is InChI=1S/C13H16N2O2.2C2H6/c1-8(16)11(14)6-9-7-15-13-10(9)4-3-5-12(13)17-2;2*1-2/h3-5,7,11,15-16H,1,6,14H2,2H3;2*1-2H3. The average molecular weight is 292 g/mol. The van der Waals surface area contributed by atoms with Gasteiger partial charge in [-0.25, -0.2) is 0 Å². The molecule has 0 aliphatic rings. The molecule has 1 heterocycles. The number of rotatable bonds is 4. The Morgan fingerprint density at radius 2 is 1.95 bits per heavy atom. The maximum absolute atomic E-state index is 9.24. The van der Waals surface area contributed by atoms with Crippen molar-refractivity contribution in [3.8, 4) is 5.75 Å². The lowest BCUT2D eigenvalue weighted by Gasteiger charge is -2.08. The van der Waals surface area contributed by atoms with Crippen LogP contribution in [0.4, 0.5) is 0 Å².